The predicted molar refractivity (Wildman–Crippen MR) is 212 cm³/mol. The average molecular weight is 678 g/mol. The molecule has 48 heavy (non-hydrogen) atoms. The quantitative estimate of drug-likeness (QED) is 0.0446. The van der Waals surface area contributed by atoms with Gasteiger partial charge in [0.2, 0.25) is 5.91 Å². The first-order valence-electron chi connectivity index (χ1n) is 21.9. The highest BCUT2D eigenvalue weighted by Gasteiger charge is 2.17. The largest absolute Gasteiger partial charge is 0.394 e. The van der Waals surface area contributed by atoms with Crippen molar-refractivity contribution in [2.45, 2.75) is 257 Å². The minimum absolute atomic E-state index is 0.0594. The first kappa shape index (κ1) is 47.1. The van der Waals surface area contributed by atoms with Gasteiger partial charge in [0, 0.05) is 6.42 Å². The third kappa shape index (κ3) is 36.4. The number of carbonyl (C=O) groups is 1. The number of unbranched alkanes of at least 4 members (excludes halogenated alkanes) is 33. The monoisotopic (exact) mass is 678 g/mol. The zero-order valence-corrected chi connectivity index (χ0v) is 32.8. The molecular formula is C44H87NO3. The molecule has 0 aliphatic carbocycles. The average Bonchev–Trinajstić information content (AvgIpc) is 3.09. The summed E-state index contributed by atoms with van der Waals surface area (Å²) in [5, 5.41) is 23.0. The number of carbonyl (C=O) groups excluding carboxylic acids is 1. The number of nitrogens with one attached hydrogen (secondary N) is 1. The highest BCUT2D eigenvalue weighted by Crippen LogP contribution is 2.16. The second-order valence-electron chi connectivity index (χ2n) is 15.1. The molecule has 1 amide bonds. The highest BCUT2D eigenvalue weighted by molar-refractivity contribution is 5.76. The topological polar surface area (TPSA) is 69.6 Å². The fraction of sp³-hybridized carbons (Fsp3) is 0.932. The lowest BCUT2D eigenvalue weighted by Gasteiger charge is -2.20. The van der Waals surface area contributed by atoms with Crippen LogP contribution in [0.3, 0.4) is 0 Å². The molecule has 0 aliphatic rings. The number of amides is 1. The van der Waals surface area contributed by atoms with Gasteiger partial charge in [0.15, 0.2) is 0 Å². The van der Waals surface area contributed by atoms with Gasteiger partial charge in [0.25, 0.3) is 0 Å². The molecule has 3 N–H and O–H groups in total. The Kier molecular flexibility index (Phi) is 39.8. The third-order valence-electron chi connectivity index (χ3n) is 10.3. The van der Waals surface area contributed by atoms with Gasteiger partial charge in [-0.05, 0) is 19.3 Å². The van der Waals surface area contributed by atoms with E-state index in [1.54, 1.807) is 6.08 Å². The summed E-state index contributed by atoms with van der Waals surface area (Å²) in [6, 6.07) is -0.616. The zero-order valence-electron chi connectivity index (χ0n) is 32.8. The lowest BCUT2D eigenvalue weighted by Crippen LogP contribution is -2.45. The molecule has 0 heterocycles. The van der Waals surface area contributed by atoms with Gasteiger partial charge < -0.3 is 15.5 Å². The molecule has 0 spiro atoms. The molecule has 0 fully saturated rings. The van der Waals surface area contributed by atoms with Crippen LogP contribution >= 0.6 is 0 Å². The summed E-state index contributed by atoms with van der Waals surface area (Å²) in [5.74, 6) is -0.0594. The van der Waals surface area contributed by atoms with Crippen molar-refractivity contribution in [2.24, 2.45) is 0 Å². The molecule has 2 atom stereocenters. The zero-order chi connectivity index (χ0) is 35.0. The fourth-order valence-electron chi connectivity index (χ4n) is 6.89. The van der Waals surface area contributed by atoms with Gasteiger partial charge in [-0.3, -0.25) is 4.79 Å². The van der Waals surface area contributed by atoms with E-state index < -0.39 is 12.1 Å². The van der Waals surface area contributed by atoms with Gasteiger partial charge in [-0.1, -0.05) is 231 Å². The second-order valence-corrected chi connectivity index (χ2v) is 15.1. The number of rotatable bonds is 40. The van der Waals surface area contributed by atoms with Crippen LogP contribution in [0, 0.1) is 0 Å². The van der Waals surface area contributed by atoms with Crippen molar-refractivity contribution in [3.63, 3.8) is 0 Å². The molecule has 2 unspecified atom stereocenters. The molecule has 0 saturated carbocycles. The molecule has 0 aromatic heterocycles. The summed E-state index contributed by atoms with van der Waals surface area (Å²) < 4.78 is 0. The molecule has 0 aromatic rings. The Labute approximate surface area is 301 Å². The normalized spacial score (nSPS) is 13.0. The van der Waals surface area contributed by atoms with Crippen LogP contribution in [0.2, 0.25) is 0 Å². The highest BCUT2D eigenvalue weighted by atomic mass is 16.3. The summed E-state index contributed by atoms with van der Waals surface area (Å²) in [7, 11) is 0. The van der Waals surface area contributed by atoms with Crippen molar-refractivity contribution in [2.75, 3.05) is 6.61 Å². The Balaban J connectivity index is 3.53. The molecule has 286 valence electrons. The molecule has 0 aliphatic heterocycles. The fourth-order valence-corrected chi connectivity index (χ4v) is 6.89. The van der Waals surface area contributed by atoms with Gasteiger partial charge in [0.05, 0.1) is 18.8 Å². The van der Waals surface area contributed by atoms with E-state index in [0.717, 1.165) is 25.7 Å². The molecule has 0 rings (SSSR count). The molecule has 0 radical (unpaired) electrons. The number of allylic oxidation sites excluding steroid dienone is 1. The predicted octanol–water partition coefficient (Wildman–Crippen LogP) is 13.5. The number of hydrogen-bond donors (Lipinski definition) is 3. The lowest BCUT2D eigenvalue weighted by atomic mass is 10.0. The van der Waals surface area contributed by atoms with E-state index in [2.05, 4.69) is 19.2 Å². The van der Waals surface area contributed by atoms with Crippen LogP contribution in [0.15, 0.2) is 12.2 Å². The lowest BCUT2D eigenvalue weighted by molar-refractivity contribution is -0.123. The van der Waals surface area contributed by atoms with Crippen LogP contribution in [0.25, 0.3) is 0 Å². The molecule has 4 heteroatoms. The van der Waals surface area contributed by atoms with E-state index in [1.807, 2.05) is 6.08 Å². The minimum Gasteiger partial charge on any atom is -0.394 e. The van der Waals surface area contributed by atoms with E-state index >= 15 is 0 Å². The van der Waals surface area contributed by atoms with Crippen molar-refractivity contribution in [3.05, 3.63) is 12.2 Å². The van der Waals surface area contributed by atoms with Crippen molar-refractivity contribution >= 4 is 5.91 Å². The molecule has 0 aromatic carbocycles. The Morgan fingerprint density at radius 2 is 0.771 bits per heavy atom. The smallest absolute Gasteiger partial charge is 0.220 e. The Hall–Kier alpha value is -0.870. The maximum Gasteiger partial charge on any atom is 0.220 e. The van der Waals surface area contributed by atoms with Crippen LogP contribution in [0.4, 0.5) is 0 Å². The number of hydrogen-bond acceptors (Lipinski definition) is 3. The van der Waals surface area contributed by atoms with Crippen LogP contribution in [-0.2, 0) is 4.79 Å². The first-order chi connectivity index (χ1) is 23.7. The summed E-state index contributed by atoms with van der Waals surface area (Å²) in [6.07, 6.45) is 50.3. The maximum absolute atomic E-state index is 12.4. The van der Waals surface area contributed by atoms with E-state index in [4.69, 9.17) is 0 Å². The van der Waals surface area contributed by atoms with Gasteiger partial charge in [-0.2, -0.15) is 0 Å². The molecule has 0 saturated heterocycles. The van der Waals surface area contributed by atoms with E-state index in [1.165, 1.54) is 199 Å². The summed E-state index contributed by atoms with van der Waals surface area (Å²) in [6.45, 7) is 4.33. The third-order valence-corrected chi connectivity index (χ3v) is 10.3. The number of aliphatic hydroxyl groups excluding tert-OH is 2. The van der Waals surface area contributed by atoms with E-state index in [9.17, 15) is 15.0 Å². The van der Waals surface area contributed by atoms with Crippen molar-refractivity contribution in [3.8, 4) is 0 Å². The van der Waals surface area contributed by atoms with Crippen LogP contribution < -0.4 is 5.32 Å². The van der Waals surface area contributed by atoms with E-state index in [-0.39, 0.29) is 12.5 Å². The van der Waals surface area contributed by atoms with Gasteiger partial charge in [0.1, 0.15) is 0 Å². The Morgan fingerprint density at radius 3 is 1.08 bits per heavy atom. The summed E-state index contributed by atoms with van der Waals surface area (Å²) in [4.78, 5) is 12.4. The summed E-state index contributed by atoms with van der Waals surface area (Å²) in [5.41, 5.74) is 0. The summed E-state index contributed by atoms with van der Waals surface area (Å²) >= 11 is 0. The van der Waals surface area contributed by atoms with Gasteiger partial charge >= 0.3 is 0 Å². The van der Waals surface area contributed by atoms with Gasteiger partial charge in [-0.25, -0.2) is 0 Å². The van der Waals surface area contributed by atoms with Crippen molar-refractivity contribution in [1.29, 1.82) is 0 Å². The van der Waals surface area contributed by atoms with Crippen molar-refractivity contribution < 1.29 is 15.0 Å². The standard InChI is InChI=1S/C44H87NO3/c1-3-5-7-9-11-13-15-17-19-21-22-24-26-28-30-32-34-36-38-40-44(48)45-42(41-46)43(47)39-37-35-33-31-29-27-25-23-20-18-16-14-12-10-8-6-4-2/h37,39,42-43,46-47H,3-36,38,40-41H2,1-2H3,(H,45,48)/b39-37+. The molecular weight excluding hydrogens is 590 g/mol. The first-order valence-corrected chi connectivity index (χ1v) is 21.9. The minimum atomic E-state index is -0.833. The maximum atomic E-state index is 12.4. The Morgan fingerprint density at radius 1 is 0.479 bits per heavy atom. The number of aliphatic hydroxyl groups is 2. The second kappa shape index (κ2) is 40.6. The SMILES string of the molecule is CCCCCCCCCCCCCCCCC/C=C/C(O)C(CO)NC(=O)CCCCCCCCCCCCCCCCCCCCC. The van der Waals surface area contributed by atoms with Crippen LogP contribution in [-0.4, -0.2) is 34.9 Å². The van der Waals surface area contributed by atoms with Crippen LogP contribution in [0.1, 0.15) is 245 Å². The molecule has 4 nitrogen and oxygen atoms in total. The van der Waals surface area contributed by atoms with Crippen molar-refractivity contribution in [1.82, 2.24) is 5.32 Å². The van der Waals surface area contributed by atoms with Crippen LogP contribution in [0.5, 0.6) is 0 Å². The molecule has 0 bridgehead atoms. The van der Waals surface area contributed by atoms with E-state index in [0.29, 0.717) is 6.42 Å². The van der Waals surface area contributed by atoms with Gasteiger partial charge in [-0.15, -0.1) is 0 Å². The Bertz CT molecular complexity index is 651.